The first-order valence-corrected chi connectivity index (χ1v) is 12.2. The van der Waals surface area contributed by atoms with Gasteiger partial charge in [-0.3, -0.25) is 9.59 Å². The molecule has 1 aromatic carbocycles. The first-order valence-electron chi connectivity index (χ1n) is 12.2. The Balaban J connectivity index is 2.33. The molecule has 5 heteroatoms. The van der Waals surface area contributed by atoms with Gasteiger partial charge >= 0.3 is 5.97 Å². The smallest absolute Gasteiger partial charge is 0.308 e. The summed E-state index contributed by atoms with van der Waals surface area (Å²) in [4.78, 5) is 24.1. The second-order valence-corrected chi connectivity index (χ2v) is 10.1. The number of hydrogen-bond acceptors (Lipinski definition) is 4. The summed E-state index contributed by atoms with van der Waals surface area (Å²) in [7, 11) is 1.67. The molecule has 0 aliphatic heterocycles. The van der Waals surface area contributed by atoms with E-state index in [2.05, 4.69) is 45.1 Å². The molecule has 0 aromatic heterocycles. The van der Waals surface area contributed by atoms with Crippen LogP contribution in [0.2, 0.25) is 0 Å². The van der Waals surface area contributed by atoms with E-state index in [-0.39, 0.29) is 29.3 Å². The largest absolute Gasteiger partial charge is 0.462 e. The highest BCUT2D eigenvalue weighted by Crippen LogP contribution is 2.30. The first kappa shape index (κ1) is 28.2. The van der Waals surface area contributed by atoms with E-state index in [1.54, 1.807) is 7.05 Å². The van der Waals surface area contributed by atoms with Gasteiger partial charge in [-0.05, 0) is 42.6 Å². The average Bonchev–Trinajstić information content (AvgIpc) is 2.75. The Morgan fingerprint density at radius 3 is 2.31 bits per heavy atom. The minimum atomic E-state index is -0.123. The number of carbonyl (C=O) groups is 2. The maximum absolute atomic E-state index is 12.7. The molecule has 0 saturated heterocycles. The van der Waals surface area contributed by atoms with Crippen LogP contribution in [0.1, 0.15) is 85.1 Å². The van der Waals surface area contributed by atoms with E-state index in [1.807, 2.05) is 25.1 Å². The average molecular weight is 448 g/mol. The topological polar surface area (TPSA) is 64.6 Å². The van der Waals surface area contributed by atoms with Crippen molar-refractivity contribution in [3.05, 3.63) is 35.9 Å². The molecule has 0 saturated carbocycles. The third-order valence-corrected chi connectivity index (χ3v) is 5.91. The number of amides is 1. The molecule has 0 unspecified atom stereocenters. The normalized spacial score (nSPS) is 14.4. The predicted octanol–water partition coefficient (Wildman–Crippen LogP) is 5.91. The van der Waals surface area contributed by atoms with Gasteiger partial charge in [0, 0.05) is 20.1 Å². The van der Waals surface area contributed by atoms with Gasteiger partial charge in [-0.25, -0.2) is 0 Å². The van der Waals surface area contributed by atoms with Crippen molar-refractivity contribution in [3.63, 3.8) is 0 Å². The van der Waals surface area contributed by atoms with Crippen LogP contribution >= 0.6 is 0 Å². The molecule has 0 spiro atoms. The Morgan fingerprint density at radius 2 is 1.69 bits per heavy atom. The number of ether oxygens (including phenoxy) is 2. The molecule has 1 N–H and O–H groups in total. The number of unbranched alkanes of at least 4 members (excludes halogenated alkanes) is 1. The highest BCUT2D eigenvalue weighted by molar-refractivity contribution is 5.75. The lowest BCUT2D eigenvalue weighted by molar-refractivity contribution is -0.160. The van der Waals surface area contributed by atoms with Crippen molar-refractivity contribution in [1.82, 2.24) is 5.32 Å². The molecule has 32 heavy (non-hydrogen) atoms. The summed E-state index contributed by atoms with van der Waals surface area (Å²) in [6.07, 6.45) is 5.75. The predicted molar refractivity (Wildman–Crippen MR) is 130 cm³/mol. The monoisotopic (exact) mass is 447 g/mol. The van der Waals surface area contributed by atoms with Crippen molar-refractivity contribution in [1.29, 1.82) is 0 Å². The standard InChI is InChI=1S/C27H45NO4/c1-21(13-12-17-25(29)28-6)19-24(27(3,4)5)32-26(30)22(2)14-10-11-18-31-20-23-15-8-7-9-16-23/h7-9,15-16,21-22,24H,10-14,17-20H2,1-6H3,(H,28,29)/t21-,22-,24-/m1/s1. The summed E-state index contributed by atoms with van der Waals surface area (Å²) in [5.41, 5.74) is 1.07. The summed E-state index contributed by atoms with van der Waals surface area (Å²) < 4.78 is 11.7. The molecule has 182 valence electrons. The second kappa shape index (κ2) is 15.0. The Bertz CT molecular complexity index is 653. The zero-order valence-electron chi connectivity index (χ0n) is 21.1. The number of benzene rings is 1. The van der Waals surface area contributed by atoms with Crippen LogP contribution in [0.5, 0.6) is 0 Å². The van der Waals surface area contributed by atoms with E-state index >= 15 is 0 Å². The van der Waals surface area contributed by atoms with Crippen LogP contribution < -0.4 is 5.32 Å². The van der Waals surface area contributed by atoms with Crippen LogP contribution in [0.25, 0.3) is 0 Å². The highest BCUT2D eigenvalue weighted by atomic mass is 16.5. The molecule has 1 aromatic rings. The number of rotatable bonds is 15. The molecule has 5 nitrogen and oxygen atoms in total. The van der Waals surface area contributed by atoms with Gasteiger partial charge in [0.15, 0.2) is 0 Å². The van der Waals surface area contributed by atoms with Gasteiger partial charge in [0.2, 0.25) is 5.91 Å². The van der Waals surface area contributed by atoms with E-state index < -0.39 is 0 Å². The molecule has 3 atom stereocenters. The van der Waals surface area contributed by atoms with Crippen molar-refractivity contribution in [2.45, 2.75) is 92.3 Å². The Morgan fingerprint density at radius 1 is 1.00 bits per heavy atom. The first-order chi connectivity index (χ1) is 15.1. The van der Waals surface area contributed by atoms with Crippen molar-refractivity contribution in [2.24, 2.45) is 17.3 Å². The lowest BCUT2D eigenvalue weighted by Crippen LogP contribution is -2.35. The van der Waals surface area contributed by atoms with Crippen molar-refractivity contribution < 1.29 is 19.1 Å². The van der Waals surface area contributed by atoms with E-state index in [4.69, 9.17) is 9.47 Å². The maximum Gasteiger partial charge on any atom is 0.308 e. The fraction of sp³-hybridized carbons (Fsp3) is 0.704. The fourth-order valence-corrected chi connectivity index (χ4v) is 3.59. The van der Waals surface area contributed by atoms with Crippen molar-refractivity contribution in [3.8, 4) is 0 Å². The minimum absolute atomic E-state index is 0.0790. The lowest BCUT2D eigenvalue weighted by Gasteiger charge is -2.33. The minimum Gasteiger partial charge on any atom is -0.462 e. The molecule has 0 radical (unpaired) electrons. The Kier molecular flexibility index (Phi) is 13.2. The van der Waals surface area contributed by atoms with Crippen LogP contribution in [-0.2, 0) is 25.7 Å². The van der Waals surface area contributed by atoms with Gasteiger partial charge in [0.05, 0.1) is 12.5 Å². The molecule has 0 heterocycles. The summed E-state index contributed by atoms with van der Waals surface area (Å²) >= 11 is 0. The van der Waals surface area contributed by atoms with E-state index in [0.717, 1.165) is 38.5 Å². The van der Waals surface area contributed by atoms with Crippen LogP contribution in [0.15, 0.2) is 30.3 Å². The lowest BCUT2D eigenvalue weighted by atomic mass is 9.82. The Labute approximate surface area is 195 Å². The Hall–Kier alpha value is -1.88. The van der Waals surface area contributed by atoms with Gasteiger partial charge in [-0.1, -0.05) is 77.8 Å². The third-order valence-electron chi connectivity index (χ3n) is 5.91. The highest BCUT2D eigenvalue weighted by Gasteiger charge is 2.31. The van der Waals surface area contributed by atoms with E-state index in [0.29, 0.717) is 25.6 Å². The molecule has 0 aliphatic rings. The number of esters is 1. The van der Waals surface area contributed by atoms with Crippen molar-refractivity contribution in [2.75, 3.05) is 13.7 Å². The maximum atomic E-state index is 12.7. The van der Waals surface area contributed by atoms with E-state index in [9.17, 15) is 9.59 Å². The van der Waals surface area contributed by atoms with Crippen molar-refractivity contribution >= 4 is 11.9 Å². The third kappa shape index (κ3) is 12.2. The number of nitrogens with one attached hydrogen (secondary N) is 1. The van der Waals surface area contributed by atoms with Crippen LogP contribution in [-0.4, -0.2) is 31.6 Å². The fourth-order valence-electron chi connectivity index (χ4n) is 3.59. The van der Waals surface area contributed by atoms with Gasteiger partial charge in [-0.2, -0.15) is 0 Å². The van der Waals surface area contributed by atoms with Gasteiger partial charge in [0.25, 0.3) is 0 Å². The molecule has 0 fully saturated rings. The van der Waals surface area contributed by atoms with Crippen LogP contribution in [0, 0.1) is 17.3 Å². The van der Waals surface area contributed by atoms with Gasteiger partial charge in [-0.15, -0.1) is 0 Å². The molecule has 0 aliphatic carbocycles. The molecule has 1 amide bonds. The van der Waals surface area contributed by atoms with Gasteiger partial charge < -0.3 is 14.8 Å². The number of carbonyl (C=O) groups excluding carboxylic acids is 2. The zero-order valence-corrected chi connectivity index (χ0v) is 21.1. The summed E-state index contributed by atoms with van der Waals surface area (Å²) in [5, 5.41) is 2.66. The number of hydrogen-bond donors (Lipinski definition) is 1. The van der Waals surface area contributed by atoms with Crippen LogP contribution in [0.4, 0.5) is 0 Å². The summed E-state index contributed by atoms with van der Waals surface area (Å²) in [6, 6.07) is 10.2. The molecular formula is C27H45NO4. The zero-order chi connectivity index (χ0) is 24.0. The van der Waals surface area contributed by atoms with Gasteiger partial charge in [0.1, 0.15) is 6.10 Å². The SMILES string of the molecule is CNC(=O)CCC[C@@H](C)C[C@@H](OC(=O)[C@H](C)CCCCOCc1ccccc1)C(C)(C)C. The second-order valence-electron chi connectivity index (χ2n) is 10.1. The van der Waals surface area contributed by atoms with Crippen LogP contribution in [0.3, 0.4) is 0 Å². The summed E-state index contributed by atoms with van der Waals surface area (Å²) in [5.74, 6) is 0.259. The molecule has 1 rings (SSSR count). The quantitative estimate of drug-likeness (QED) is 0.268. The molecular weight excluding hydrogens is 402 g/mol. The van der Waals surface area contributed by atoms with E-state index in [1.165, 1.54) is 5.56 Å². The molecule has 0 bridgehead atoms. The summed E-state index contributed by atoms with van der Waals surface area (Å²) in [6.45, 7) is 11.8.